The van der Waals surface area contributed by atoms with Crippen LogP contribution in [0.1, 0.15) is 35.8 Å². The van der Waals surface area contributed by atoms with Gasteiger partial charge in [-0.1, -0.05) is 12.1 Å². The van der Waals surface area contributed by atoms with Gasteiger partial charge in [0.15, 0.2) is 0 Å². The first-order chi connectivity index (χ1) is 14.1. The number of esters is 1. The van der Waals surface area contributed by atoms with Crippen LogP contribution in [0.25, 0.3) is 10.2 Å². The fourth-order valence-corrected chi connectivity index (χ4v) is 4.75. The van der Waals surface area contributed by atoms with Gasteiger partial charge in [-0.25, -0.2) is 4.39 Å². The predicted molar refractivity (Wildman–Crippen MR) is 111 cm³/mol. The predicted octanol–water partition coefficient (Wildman–Crippen LogP) is 4.31. The highest BCUT2D eigenvalue weighted by atomic mass is 32.1. The maximum atomic E-state index is 13.4. The molecule has 2 aromatic heterocycles. The SMILES string of the molecule is CCOC(=O)C1CCCN(C(=O)c2cc3ccsc3n2Cc2ccc(F)cc2)C1. The number of likely N-dealkylation sites (tertiary alicyclic amines) is 1. The summed E-state index contributed by atoms with van der Waals surface area (Å²) in [6.45, 7) is 3.64. The molecule has 0 spiro atoms. The van der Waals surface area contributed by atoms with Crippen LogP contribution in [0.3, 0.4) is 0 Å². The molecule has 1 aliphatic heterocycles. The van der Waals surface area contributed by atoms with Gasteiger partial charge in [0.2, 0.25) is 0 Å². The van der Waals surface area contributed by atoms with Crippen molar-refractivity contribution in [2.45, 2.75) is 26.3 Å². The summed E-state index contributed by atoms with van der Waals surface area (Å²) in [7, 11) is 0. The van der Waals surface area contributed by atoms with E-state index in [0.29, 0.717) is 31.9 Å². The largest absolute Gasteiger partial charge is 0.466 e. The van der Waals surface area contributed by atoms with Crippen molar-refractivity contribution in [3.8, 4) is 0 Å². The third-order valence-corrected chi connectivity index (χ3v) is 6.26. The number of hydrogen-bond donors (Lipinski definition) is 0. The van der Waals surface area contributed by atoms with E-state index in [4.69, 9.17) is 4.74 Å². The lowest BCUT2D eigenvalue weighted by Gasteiger charge is -2.31. The normalized spacial score (nSPS) is 16.9. The average Bonchev–Trinajstić information content (AvgIpc) is 3.32. The molecule has 0 N–H and O–H groups in total. The highest BCUT2D eigenvalue weighted by molar-refractivity contribution is 7.16. The van der Waals surface area contributed by atoms with Gasteiger partial charge in [-0.05, 0) is 55.0 Å². The van der Waals surface area contributed by atoms with Crippen molar-refractivity contribution in [1.82, 2.24) is 9.47 Å². The zero-order chi connectivity index (χ0) is 20.4. The zero-order valence-electron chi connectivity index (χ0n) is 16.3. The van der Waals surface area contributed by atoms with E-state index in [2.05, 4.69) is 0 Å². The number of ether oxygens (including phenoxy) is 1. The highest BCUT2D eigenvalue weighted by Gasteiger charge is 2.31. The van der Waals surface area contributed by atoms with Crippen LogP contribution in [-0.2, 0) is 16.1 Å². The Morgan fingerprint density at radius 2 is 2.03 bits per heavy atom. The molecule has 5 nitrogen and oxygen atoms in total. The summed E-state index contributed by atoms with van der Waals surface area (Å²) in [6.07, 6.45) is 1.52. The lowest BCUT2D eigenvalue weighted by molar-refractivity contribution is -0.149. The smallest absolute Gasteiger partial charge is 0.310 e. The molecule has 4 rings (SSSR count). The Morgan fingerprint density at radius 1 is 1.24 bits per heavy atom. The van der Waals surface area contributed by atoms with Crippen molar-refractivity contribution in [3.63, 3.8) is 0 Å². The second kappa shape index (κ2) is 8.37. The minimum Gasteiger partial charge on any atom is -0.466 e. The average molecular weight is 415 g/mol. The Balaban J connectivity index is 1.61. The van der Waals surface area contributed by atoms with E-state index >= 15 is 0 Å². The molecule has 1 saturated heterocycles. The number of piperidine rings is 1. The number of fused-ring (bicyclic) bond motifs is 1. The summed E-state index contributed by atoms with van der Waals surface area (Å²) in [5, 5.41) is 3.01. The number of halogens is 1. The van der Waals surface area contributed by atoms with Gasteiger partial charge in [-0.15, -0.1) is 11.3 Å². The molecule has 7 heteroatoms. The maximum absolute atomic E-state index is 13.4. The first kappa shape index (κ1) is 19.6. The van der Waals surface area contributed by atoms with Crippen LogP contribution in [0.15, 0.2) is 41.8 Å². The lowest BCUT2D eigenvalue weighted by Crippen LogP contribution is -2.43. The Bertz CT molecular complexity index is 1020. The van der Waals surface area contributed by atoms with E-state index in [9.17, 15) is 14.0 Å². The molecular weight excluding hydrogens is 391 g/mol. The molecule has 152 valence electrons. The Kier molecular flexibility index (Phi) is 5.67. The number of benzene rings is 1. The molecule has 1 unspecified atom stereocenters. The Morgan fingerprint density at radius 3 is 2.79 bits per heavy atom. The monoisotopic (exact) mass is 414 g/mol. The van der Waals surface area contributed by atoms with Gasteiger partial charge in [-0.3, -0.25) is 9.59 Å². The summed E-state index contributed by atoms with van der Waals surface area (Å²) >= 11 is 1.58. The second-order valence-corrected chi connectivity index (χ2v) is 8.16. The topological polar surface area (TPSA) is 51.5 Å². The standard InChI is InChI=1S/C22H23FN2O3S/c1-2-28-22(27)17-4-3-10-24(14-17)20(26)19-12-16-9-11-29-21(16)25(19)13-15-5-7-18(23)8-6-15/h5-9,11-12,17H,2-4,10,13-14H2,1H3. The van der Waals surface area contributed by atoms with Gasteiger partial charge in [0.05, 0.1) is 12.5 Å². The van der Waals surface area contributed by atoms with Gasteiger partial charge < -0.3 is 14.2 Å². The van der Waals surface area contributed by atoms with Crippen molar-refractivity contribution in [2.24, 2.45) is 5.92 Å². The molecule has 1 fully saturated rings. The van der Waals surface area contributed by atoms with Crippen LogP contribution in [0.4, 0.5) is 4.39 Å². The number of nitrogens with zero attached hydrogens (tertiary/aromatic N) is 2. The van der Waals surface area contributed by atoms with Crippen LogP contribution in [-0.4, -0.2) is 41.0 Å². The van der Waals surface area contributed by atoms with Gasteiger partial charge in [0.1, 0.15) is 16.3 Å². The van der Waals surface area contributed by atoms with Crippen molar-refractivity contribution >= 4 is 33.4 Å². The van der Waals surface area contributed by atoms with E-state index in [-0.39, 0.29) is 23.6 Å². The molecule has 29 heavy (non-hydrogen) atoms. The quantitative estimate of drug-likeness (QED) is 0.585. The molecule has 0 bridgehead atoms. The van der Waals surface area contributed by atoms with Crippen LogP contribution in [0.5, 0.6) is 0 Å². The number of rotatable bonds is 5. The molecule has 3 aromatic rings. The molecule has 1 amide bonds. The molecule has 3 heterocycles. The number of carbonyl (C=O) groups is 2. The summed E-state index contributed by atoms with van der Waals surface area (Å²) in [6, 6.07) is 10.2. The Labute approximate surface area is 172 Å². The summed E-state index contributed by atoms with van der Waals surface area (Å²) in [5.74, 6) is -0.858. The second-order valence-electron chi connectivity index (χ2n) is 7.27. The minimum atomic E-state index is -0.280. The number of carbonyl (C=O) groups excluding carboxylic acids is 2. The molecule has 1 atom stereocenters. The van der Waals surface area contributed by atoms with Crippen LogP contribution < -0.4 is 0 Å². The fourth-order valence-electron chi connectivity index (χ4n) is 3.86. The molecule has 0 aliphatic carbocycles. The summed E-state index contributed by atoms with van der Waals surface area (Å²) < 4.78 is 20.4. The van der Waals surface area contributed by atoms with Gasteiger partial charge in [0, 0.05) is 25.0 Å². The zero-order valence-corrected chi connectivity index (χ0v) is 17.1. The Hall–Kier alpha value is -2.67. The molecular formula is C22H23FN2O3S. The van der Waals surface area contributed by atoms with Crippen molar-refractivity contribution in [2.75, 3.05) is 19.7 Å². The number of amides is 1. The van der Waals surface area contributed by atoms with Crippen LogP contribution in [0, 0.1) is 11.7 Å². The van der Waals surface area contributed by atoms with Crippen molar-refractivity contribution in [3.05, 3.63) is 58.9 Å². The molecule has 1 aromatic carbocycles. The maximum Gasteiger partial charge on any atom is 0.310 e. The number of hydrogen-bond acceptors (Lipinski definition) is 4. The number of aromatic nitrogens is 1. The minimum absolute atomic E-state index is 0.0792. The first-order valence-electron chi connectivity index (χ1n) is 9.84. The number of thiophene rings is 1. The van der Waals surface area contributed by atoms with Gasteiger partial charge in [0.25, 0.3) is 5.91 Å². The van der Waals surface area contributed by atoms with E-state index in [1.54, 1.807) is 35.3 Å². The summed E-state index contributed by atoms with van der Waals surface area (Å²) in [4.78, 5) is 28.3. The molecule has 0 radical (unpaired) electrons. The lowest BCUT2D eigenvalue weighted by atomic mass is 9.98. The van der Waals surface area contributed by atoms with E-state index in [1.165, 1.54) is 12.1 Å². The highest BCUT2D eigenvalue weighted by Crippen LogP contribution is 2.28. The van der Waals surface area contributed by atoms with E-state index < -0.39 is 0 Å². The molecule has 1 aliphatic rings. The first-order valence-corrected chi connectivity index (χ1v) is 10.7. The third kappa shape index (κ3) is 4.05. The fraction of sp³-hybridized carbons (Fsp3) is 0.364. The van der Waals surface area contributed by atoms with Gasteiger partial charge in [-0.2, -0.15) is 0 Å². The third-order valence-electron chi connectivity index (χ3n) is 5.30. The van der Waals surface area contributed by atoms with Crippen molar-refractivity contribution < 1.29 is 18.7 Å². The summed E-state index contributed by atoms with van der Waals surface area (Å²) in [5.41, 5.74) is 1.52. The van der Waals surface area contributed by atoms with E-state index in [1.807, 2.05) is 22.1 Å². The van der Waals surface area contributed by atoms with Gasteiger partial charge >= 0.3 is 5.97 Å². The van der Waals surface area contributed by atoms with Crippen LogP contribution >= 0.6 is 11.3 Å². The van der Waals surface area contributed by atoms with Crippen LogP contribution in [0.2, 0.25) is 0 Å². The molecule has 0 saturated carbocycles. The van der Waals surface area contributed by atoms with Crippen molar-refractivity contribution in [1.29, 1.82) is 0 Å². The van der Waals surface area contributed by atoms with E-state index in [0.717, 1.165) is 28.6 Å².